The number of halogens is 1. The third kappa shape index (κ3) is 3.88. The summed E-state index contributed by atoms with van der Waals surface area (Å²) >= 11 is 0. The number of rotatable bonds is 6. The predicted octanol–water partition coefficient (Wildman–Crippen LogP) is 3.75. The summed E-state index contributed by atoms with van der Waals surface area (Å²) in [5.74, 6) is 0.442. The van der Waals surface area contributed by atoms with E-state index in [2.05, 4.69) is 0 Å². The maximum atomic E-state index is 13.6. The Balaban J connectivity index is 2.22. The van der Waals surface area contributed by atoms with Crippen molar-refractivity contribution in [3.63, 3.8) is 0 Å². The monoisotopic (exact) mass is 316 g/mol. The zero-order valence-electron chi connectivity index (χ0n) is 13.1. The van der Waals surface area contributed by atoms with Gasteiger partial charge >= 0.3 is 0 Å². The highest BCUT2D eigenvalue weighted by atomic mass is 19.1. The highest BCUT2D eigenvalue weighted by Gasteiger charge is 2.08. The zero-order valence-corrected chi connectivity index (χ0v) is 13.1. The van der Waals surface area contributed by atoms with E-state index >= 15 is 0 Å². The van der Waals surface area contributed by atoms with E-state index in [1.54, 1.807) is 31.4 Å². The second kappa shape index (κ2) is 7.45. The molecule has 0 aliphatic heterocycles. The van der Waals surface area contributed by atoms with Gasteiger partial charge in [0.15, 0.2) is 17.3 Å². The van der Waals surface area contributed by atoms with E-state index in [9.17, 15) is 9.18 Å². The Labute approximate surface area is 134 Å². The van der Waals surface area contributed by atoms with Crippen molar-refractivity contribution in [3.8, 4) is 17.2 Å². The van der Waals surface area contributed by atoms with E-state index in [1.807, 2.05) is 0 Å². The second-order valence-electron chi connectivity index (χ2n) is 4.65. The van der Waals surface area contributed by atoms with Crippen LogP contribution in [-0.2, 0) is 0 Å². The molecule has 0 spiro atoms. The van der Waals surface area contributed by atoms with Crippen LogP contribution in [0.2, 0.25) is 0 Å². The minimum Gasteiger partial charge on any atom is -0.497 e. The molecule has 0 heterocycles. The van der Waals surface area contributed by atoms with Crippen LogP contribution in [0.15, 0.2) is 42.5 Å². The Morgan fingerprint density at radius 1 is 0.957 bits per heavy atom. The van der Waals surface area contributed by atoms with Crippen LogP contribution in [0.3, 0.4) is 0 Å². The van der Waals surface area contributed by atoms with E-state index in [0.29, 0.717) is 11.5 Å². The molecule has 0 bridgehead atoms. The quantitative estimate of drug-likeness (QED) is 0.601. The number of carbonyl (C=O) groups excluding carboxylic acids is 1. The Morgan fingerprint density at radius 3 is 2.30 bits per heavy atom. The van der Waals surface area contributed by atoms with Gasteiger partial charge in [-0.1, -0.05) is 0 Å². The number of hydrogen-bond acceptors (Lipinski definition) is 4. The highest BCUT2D eigenvalue weighted by molar-refractivity contribution is 6.07. The molecule has 2 aromatic carbocycles. The van der Waals surface area contributed by atoms with Gasteiger partial charge in [0.25, 0.3) is 0 Å². The van der Waals surface area contributed by atoms with Crippen LogP contribution in [0.1, 0.15) is 15.9 Å². The molecule has 0 N–H and O–H groups in total. The number of ether oxygens (including phenoxy) is 3. The maximum absolute atomic E-state index is 13.6. The fourth-order valence-electron chi connectivity index (χ4n) is 2.04. The summed E-state index contributed by atoms with van der Waals surface area (Å²) in [6, 6.07) is 9.34. The van der Waals surface area contributed by atoms with Crippen LogP contribution in [0.5, 0.6) is 17.2 Å². The summed E-state index contributed by atoms with van der Waals surface area (Å²) in [6.07, 6.45) is 2.98. The highest BCUT2D eigenvalue weighted by Crippen LogP contribution is 2.26. The molecule has 23 heavy (non-hydrogen) atoms. The molecular weight excluding hydrogens is 299 g/mol. The summed E-state index contributed by atoms with van der Waals surface area (Å²) in [7, 11) is 4.47. The first kappa shape index (κ1) is 16.5. The minimum atomic E-state index is -0.575. The van der Waals surface area contributed by atoms with Gasteiger partial charge in [-0.05, 0) is 42.5 Å². The second-order valence-corrected chi connectivity index (χ2v) is 4.65. The molecule has 0 radical (unpaired) electrons. The topological polar surface area (TPSA) is 44.8 Å². The molecule has 0 aromatic heterocycles. The van der Waals surface area contributed by atoms with Crippen LogP contribution >= 0.6 is 0 Å². The van der Waals surface area contributed by atoms with Gasteiger partial charge in [0.05, 0.1) is 21.3 Å². The van der Waals surface area contributed by atoms with E-state index in [-0.39, 0.29) is 17.1 Å². The van der Waals surface area contributed by atoms with Crippen LogP contribution in [0.4, 0.5) is 4.39 Å². The molecule has 0 saturated heterocycles. The van der Waals surface area contributed by atoms with Gasteiger partial charge in [-0.15, -0.1) is 0 Å². The van der Waals surface area contributed by atoms with Gasteiger partial charge in [-0.3, -0.25) is 4.79 Å². The average molecular weight is 316 g/mol. The summed E-state index contributed by atoms with van der Waals surface area (Å²) in [4.78, 5) is 12.1. The third-order valence-corrected chi connectivity index (χ3v) is 3.29. The lowest BCUT2D eigenvalue weighted by atomic mass is 10.1. The molecule has 4 nitrogen and oxygen atoms in total. The number of allylic oxidation sites excluding steroid dienone is 1. The summed E-state index contributed by atoms with van der Waals surface area (Å²) < 4.78 is 28.8. The van der Waals surface area contributed by atoms with Gasteiger partial charge in [-0.2, -0.15) is 0 Å². The normalized spacial score (nSPS) is 10.6. The van der Waals surface area contributed by atoms with Crippen LogP contribution in [0, 0.1) is 5.82 Å². The van der Waals surface area contributed by atoms with Gasteiger partial charge in [-0.25, -0.2) is 4.39 Å². The van der Waals surface area contributed by atoms with Gasteiger partial charge < -0.3 is 14.2 Å². The Bertz CT molecular complexity index is 738. The molecule has 120 valence electrons. The average Bonchev–Trinajstić information content (AvgIpc) is 2.59. The first-order valence-electron chi connectivity index (χ1n) is 6.87. The minimum absolute atomic E-state index is 0.0994. The fourth-order valence-corrected chi connectivity index (χ4v) is 2.04. The van der Waals surface area contributed by atoms with Crippen molar-refractivity contribution >= 4 is 11.9 Å². The van der Waals surface area contributed by atoms with Crippen LogP contribution in [0.25, 0.3) is 6.08 Å². The van der Waals surface area contributed by atoms with Gasteiger partial charge in [0.1, 0.15) is 11.5 Å². The molecular formula is C18H17FO4. The zero-order chi connectivity index (χ0) is 16.8. The van der Waals surface area contributed by atoms with Crippen molar-refractivity contribution in [3.05, 3.63) is 59.4 Å². The molecule has 0 aliphatic rings. The van der Waals surface area contributed by atoms with Gasteiger partial charge in [0, 0.05) is 17.2 Å². The number of methoxy groups -OCH3 is 3. The molecule has 5 heteroatoms. The smallest absolute Gasteiger partial charge is 0.185 e. The lowest BCUT2D eigenvalue weighted by molar-refractivity contribution is 0.104. The van der Waals surface area contributed by atoms with Crippen LogP contribution in [-0.4, -0.2) is 27.1 Å². The van der Waals surface area contributed by atoms with Crippen molar-refractivity contribution < 1.29 is 23.4 Å². The molecule has 0 atom stereocenters. The fraction of sp³-hybridized carbons (Fsp3) is 0.167. The SMILES string of the molecule is COc1ccc(/C=C/C(=O)c2ccc(OC)c(F)c2)c(OC)c1. The summed E-state index contributed by atoms with van der Waals surface area (Å²) in [6.45, 7) is 0. The summed E-state index contributed by atoms with van der Waals surface area (Å²) in [5, 5.41) is 0. The lowest BCUT2D eigenvalue weighted by Gasteiger charge is -2.07. The predicted molar refractivity (Wildman–Crippen MR) is 85.9 cm³/mol. The Kier molecular flexibility index (Phi) is 5.36. The molecule has 0 saturated carbocycles. The molecule has 0 aliphatic carbocycles. The van der Waals surface area contributed by atoms with Crippen molar-refractivity contribution in [1.29, 1.82) is 0 Å². The first-order valence-corrected chi connectivity index (χ1v) is 6.87. The Morgan fingerprint density at radius 2 is 1.70 bits per heavy atom. The number of hydrogen-bond donors (Lipinski definition) is 0. The number of carbonyl (C=O) groups is 1. The first-order chi connectivity index (χ1) is 11.1. The molecule has 0 fully saturated rings. The van der Waals surface area contributed by atoms with E-state index in [1.165, 1.54) is 32.4 Å². The van der Waals surface area contributed by atoms with Crippen molar-refractivity contribution in [2.24, 2.45) is 0 Å². The van der Waals surface area contributed by atoms with E-state index in [0.717, 1.165) is 11.6 Å². The maximum Gasteiger partial charge on any atom is 0.185 e. The van der Waals surface area contributed by atoms with Crippen LogP contribution < -0.4 is 14.2 Å². The standard InChI is InChI=1S/C18H17FO4/c1-21-14-7-4-12(18(11-14)23-3)5-8-16(20)13-6-9-17(22-2)15(19)10-13/h4-11H,1-3H3/b8-5+. The number of benzene rings is 2. The largest absolute Gasteiger partial charge is 0.497 e. The van der Waals surface area contributed by atoms with E-state index in [4.69, 9.17) is 14.2 Å². The molecule has 2 aromatic rings. The molecule has 2 rings (SSSR count). The Hall–Kier alpha value is -2.82. The lowest BCUT2D eigenvalue weighted by Crippen LogP contribution is -1.97. The molecule has 0 unspecified atom stereocenters. The van der Waals surface area contributed by atoms with Crippen molar-refractivity contribution in [2.75, 3.05) is 21.3 Å². The van der Waals surface area contributed by atoms with Gasteiger partial charge in [0.2, 0.25) is 0 Å². The third-order valence-electron chi connectivity index (χ3n) is 3.29. The van der Waals surface area contributed by atoms with Crippen molar-refractivity contribution in [2.45, 2.75) is 0 Å². The summed E-state index contributed by atoms with van der Waals surface area (Å²) in [5.41, 5.74) is 0.961. The van der Waals surface area contributed by atoms with E-state index < -0.39 is 5.82 Å². The molecule has 0 amide bonds. The van der Waals surface area contributed by atoms with Crippen molar-refractivity contribution in [1.82, 2.24) is 0 Å². The number of ketones is 1.